The minimum absolute atomic E-state index is 0.0302. The van der Waals surface area contributed by atoms with Gasteiger partial charge in [-0.15, -0.1) is 5.10 Å². The molecule has 1 aliphatic rings. The molecule has 1 unspecified atom stereocenters. The summed E-state index contributed by atoms with van der Waals surface area (Å²) in [6.07, 6.45) is 3.78. The Hall–Kier alpha value is -3.10. The van der Waals surface area contributed by atoms with E-state index in [4.69, 9.17) is 0 Å². The van der Waals surface area contributed by atoms with Gasteiger partial charge in [0.25, 0.3) is 5.91 Å². The summed E-state index contributed by atoms with van der Waals surface area (Å²) in [6.45, 7) is 2.62. The quantitative estimate of drug-likeness (QED) is 0.762. The SMILES string of the molecule is CCc1nc2n(n1)CC(NC(=O)c1cnn(-c3ccc(F)cc3)n1)CC2. The highest BCUT2D eigenvalue weighted by Crippen LogP contribution is 2.14. The average Bonchev–Trinajstić information content (AvgIpc) is 3.29. The van der Waals surface area contributed by atoms with Crippen molar-refractivity contribution in [2.24, 2.45) is 0 Å². The minimum atomic E-state index is -0.338. The first-order valence-electron chi connectivity index (χ1n) is 8.54. The lowest BCUT2D eigenvalue weighted by Gasteiger charge is -2.23. The summed E-state index contributed by atoms with van der Waals surface area (Å²) < 4.78 is 14.9. The lowest BCUT2D eigenvalue weighted by Crippen LogP contribution is -2.41. The van der Waals surface area contributed by atoms with Crippen molar-refractivity contribution in [2.45, 2.75) is 38.8 Å². The van der Waals surface area contributed by atoms with Gasteiger partial charge >= 0.3 is 0 Å². The van der Waals surface area contributed by atoms with Crippen molar-refractivity contribution in [3.63, 3.8) is 0 Å². The molecule has 3 aromatic rings. The van der Waals surface area contributed by atoms with Gasteiger partial charge in [-0.2, -0.15) is 15.0 Å². The van der Waals surface area contributed by atoms with Gasteiger partial charge in [-0.3, -0.25) is 4.79 Å². The second-order valence-corrected chi connectivity index (χ2v) is 6.18. The largest absolute Gasteiger partial charge is 0.346 e. The topological polar surface area (TPSA) is 90.5 Å². The number of aromatic nitrogens is 6. The predicted molar refractivity (Wildman–Crippen MR) is 90.3 cm³/mol. The van der Waals surface area contributed by atoms with Gasteiger partial charge in [0.15, 0.2) is 11.5 Å². The van der Waals surface area contributed by atoms with Crippen LogP contribution < -0.4 is 5.32 Å². The van der Waals surface area contributed by atoms with Crippen LogP contribution in [0.15, 0.2) is 30.5 Å². The van der Waals surface area contributed by atoms with Crippen LogP contribution in [0.5, 0.6) is 0 Å². The number of nitrogens with zero attached hydrogens (tertiary/aromatic N) is 6. The predicted octanol–water partition coefficient (Wildman–Crippen LogP) is 1.31. The Bertz CT molecular complexity index is 931. The third-order valence-corrected chi connectivity index (χ3v) is 4.34. The molecule has 2 aromatic heterocycles. The number of halogens is 1. The highest BCUT2D eigenvalue weighted by Gasteiger charge is 2.24. The number of fused-ring (bicyclic) bond motifs is 1. The molecule has 4 rings (SSSR count). The van der Waals surface area contributed by atoms with E-state index in [1.165, 1.54) is 23.1 Å². The number of carbonyl (C=O) groups is 1. The maximum atomic E-state index is 13.0. The minimum Gasteiger partial charge on any atom is -0.346 e. The molecule has 0 saturated carbocycles. The number of amides is 1. The molecule has 1 amide bonds. The molecule has 0 aliphatic carbocycles. The molecule has 134 valence electrons. The normalized spacial score (nSPS) is 16.3. The summed E-state index contributed by atoms with van der Waals surface area (Å²) in [5, 5.41) is 15.7. The number of carbonyl (C=O) groups excluding carboxylic acids is 1. The molecule has 0 spiro atoms. The molecular formula is C17H18FN7O. The van der Waals surface area contributed by atoms with Crippen LogP contribution in [-0.4, -0.2) is 41.7 Å². The zero-order chi connectivity index (χ0) is 18.1. The molecule has 0 saturated heterocycles. The van der Waals surface area contributed by atoms with Gasteiger partial charge in [-0.1, -0.05) is 6.92 Å². The zero-order valence-corrected chi connectivity index (χ0v) is 14.3. The molecule has 0 radical (unpaired) electrons. The van der Waals surface area contributed by atoms with E-state index in [2.05, 4.69) is 25.6 Å². The maximum absolute atomic E-state index is 13.0. The van der Waals surface area contributed by atoms with Crippen LogP contribution in [0.1, 0.15) is 35.5 Å². The Morgan fingerprint density at radius 2 is 2.12 bits per heavy atom. The van der Waals surface area contributed by atoms with Crippen molar-refractivity contribution < 1.29 is 9.18 Å². The van der Waals surface area contributed by atoms with Crippen LogP contribution in [0, 0.1) is 5.82 Å². The zero-order valence-electron chi connectivity index (χ0n) is 14.3. The Balaban J connectivity index is 1.43. The molecule has 8 nitrogen and oxygen atoms in total. The first kappa shape index (κ1) is 16.4. The fraction of sp³-hybridized carbons (Fsp3) is 0.353. The van der Waals surface area contributed by atoms with Gasteiger partial charge < -0.3 is 5.32 Å². The number of nitrogens with one attached hydrogen (secondary N) is 1. The summed E-state index contributed by atoms with van der Waals surface area (Å²) in [5.41, 5.74) is 0.801. The van der Waals surface area contributed by atoms with Crippen LogP contribution in [0.25, 0.3) is 5.69 Å². The van der Waals surface area contributed by atoms with Crippen molar-refractivity contribution in [2.75, 3.05) is 0 Å². The monoisotopic (exact) mass is 355 g/mol. The summed E-state index contributed by atoms with van der Waals surface area (Å²) in [5.74, 6) is 1.17. The van der Waals surface area contributed by atoms with Crippen LogP contribution in [0.3, 0.4) is 0 Å². The fourth-order valence-electron chi connectivity index (χ4n) is 2.95. The van der Waals surface area contributed by atoms with Crippen LogP contribution in [0.2, 0.25) is 0 Å². The van der Waals surface area contributed by atoms with Crippen molar-refractivity contribution in [1.82, 2.24) is 35.1 Å². The molecule has 9 heteroatoms. The van der Waals surface area contributed by atoms with Crippen LogP contribution >= 0.6 is 0 Å². The van der Waals surface area contributed by atoms with Crippen molar-refractivity contribution in [3.8, 4) is 5.69 Å². The summed E-state index contributed by atoms with van der Waals surface area (Å²) in [7, 11) is 0. The van der Waals surface area contributed by atoms with E-state index in [0.717, 1.165) is 30.9 Å². The van der Waals surface area contributed by atoms with E-state index in [9.17, 15) is 9.18 Å². The van der Waals surface area contributed by atoms with Gasteiger partial charge in [0.1, 0.15) is 11.6 Å². The van der Waals surface area contributed by atoms with Gasteiger partial charge in [-0.05, 0) is 30.7 Å². The van der Waals surface area contributed by atoms with Gasteiger partial charge in [0.2, 0.25) is 0 Å². The van der Waals surface area contributed by atoms with E-state index in [1.807, 2.05) is 11.6 Å². The lowest BCUT2D eigenvalue weighted by atomic mass is 10.1. The van der Waals surface area contributed by atoms with E-state index < -0.39 is 0 Å². The highest BCUT2D eigenvalue weighted by atomic mass is 19.1. The van der Waals surface area contributed by atoms with Crippen LogP contribution in [0.4, 0.5) is 4.39 Å². The second-order valence-electron chi connectivity index (χ2n) is 6.18. The van der Waals surface area contributed by atoms with Gasteiger partial charge in [0, 0.05) is 18.9 Å². The molecule has 1 N–H and O–H groups in total. The molecule has 1 atom stereocenters. The van der Waals surface area contributed by atoms with Gasteiger partial charge in [0.05, 0.1) is 18.4 Å². The van der Waals surface area contributed by atoms with E-state index in [0.29, 0.717) is 12.2 Å². The molecule has 3 heterocycles. The standard InChI is InChI=1S/C17H18FN7O/c1-2-15-21-16-8-5-12(10-24(16)23-15)20-17(26)14-9-19-25(22-14)13-6-3-11(18)4-7-13/h3-4,6-7,9,12H,2,5,8,10H2,1H3,(H,20,26). The molecule has 0 fully saturated rings. The van der Waals surface area contributed by atoms with E-state index in [1.54, 1.807) is 12.1 Å². The third kappa shape index (κ3) is 3.19. The number of rotatable bonds is 4. The number of hydrogen-bond donors (Lipinski definition) is 1. The fourth-order valence-corrected chi connectivity index (χ4v) is 2.95. The Kier molecular flexibility index (Phi) is 4.19. The molecule has 1 aliphatic heterocycles. The summed E-state index contributed by atoms with van der Waals surface area (Å²) >= 11 is 0. The van der Waals surface area contributed by atoms with Crippen molar-refractivity contribution in [1.29, 1.82) is 0 Å². The highest BCUT2D eigenvalue weighted by molar-refractivity contribution is 5.92. The van der Waals surface area contributed by atoms with Crippen molar-refractivity contribution in [3.05, 3.63) is 53.6 Å². The van der Waals surface area contributed by atoms with Gasteiger partial charge in [-0.25, -0.2) is 14.1 Å². The lowest BCUT2D eigenvalue weighted by molar-refractivity contribution is 0.0920. The average molecular weight is 355 g/mol. The van der Waals surface area contributed by atoms with E-state index >= 15 is 0 Å². The Morgan fingerprint density at radius 1 is 1.31 bits per heavy atom. The molecule has 0 bridgehead atoms. The molecule has 26 heavy (non-hydrogen) atoms. The smallest absolute Gasteiger partial charge is 0.273 e. The van der Waals surface area contributed by atoms with E-state index in [-0.39, 0.29) is 23.5 Å². The number of benzene rings is 1. The summed E-state index contributed by atoms with van der Waals surface area (Å²) in [6, 6.07) is 5.71. The maximum Gasteiger partial charge on any atom is 0.273 e. The summed E-state index contributed by atoms with van der Waals surface area (Å²) in [4.78, 5) is 18.2. The van der Waals surface area contributed by atoms with Crippen molar-refractivity contribution >= 4 is 5.91 Å². The third-order valence-electron chi connectivity index (χ3n) is 4.34. The first-order chi connectivity index (χ1) is 12.6. The first-order valence-corrected chi connectivity index (χ1v) is 8.54. The Morgan fingerprint density at radius 3 is 2.88 bits per heavy atom. The second kappa shape index (κ2) is 6.66. The molecular weight excluding hydrogens is 337 g/mol. The number of hydrogen-bond acceptors (Lipinski definition) is 5. The molecule has 1 aromatic carbocycles. The Labute approximate surface area is 149 Å². The number of aryl methyl sites for hydroxylation is 2. The van der Waals surface area contributed by atoms with Crippen LogP contribution in [-0.2, 0) is 19.4 Å².